The average molecular weight is 373 g/mol. The molecule has 0 aromatic heterocycles. The summed E-state index contributed by atoms with van der Waals surface area (Å²) in [6.45, 7) is 6.75. The first-order valence-corrected chi connectivity index (χ1v) is 10.7. The van der Waals surface area contributed by atoms with Crippen molar-refractivity contribution in [3.63, 3.8) is 0 Å². The van der Waals surface area contributed by atoms with Crippen molar-refractivity contribution in [2.24, 2.45) is 23.5 Å². The van der Waals surface area contributed by atoms with Crippen LogP contribution in [0.1, 0.15) is 86.8 Å². The van der Waals surface area contributed by atoms with Gasteiger partial charge in [0.1, 0.15) is 0 Å². The maximum atomic E-state index is 12.6. The molecule has 27 heavy (non-hydrogen) atoms. The van der Waals surface area contributed by atoms with Crippen LogP contribution in [-0.2, 0) is 6.42 Å². The molecule has 2 atom stereocenters. The third kappa shape index (κ3) is 4.72. The number of nitrogens with one attached hydrogen (secondary N) is 1. The molecule has 0 heterocycles. The van der Waals surface area contributed by atoms with E-state index in [2.05, 4.69) is 19.2 Å². The van der Waals surface area contributed by atoms with Gasteiger partial charge in [0.15, 0.2) is 0 Å². The highest BCUT2D eigenvalue weighted by molar-refractivity contribution is 5.94. The molecule has 4 heteroatoms. The quantitative estimate of drug-likeness (QED) is 0.732. The molecule has 1 fully saturated rings. The SMILES string of the molecule is CC(C)C1CCC(C(C)(O)CNC(=O)c2ccc3c(c2)CCCC3N)CC1. The van der Waals surface area contributed by atoms with Gasteiger partial charge in [-0.1, -0.05) is 19.9 Å². The van der Waals surface area contributed by atoms with Crippen LogP contribution in [0.25, 0.3) is 0 Å². The van der Waals surface area contributed by atoms with Crippen molar-refractivity contribution >= 4 is 5.91 Å². The summed E-state index contributed by atoms with van der Waals surface area (Å²) in [7, 11) is 0. The molecular formula is C23H36N2O2. The van der Waals surface area contributed by atoms with Gasteiger partial charge in [0.05, 0.1) is 5.60 Å². The standard InChI is InChI=1S/C23H36N2O2/c1-15(2)16-7-10-19(11-8-16)23(3,27)14-25-22(26)18-9-12-20-17(13-18)5-4-6-21(20)24/h9,12-13,15-16,19,21,27H,4-8,10-11,14,24H2,1-3H3,(H,25,26). The Balaban J connectivity index is 1.57. The molecule has 4 N–H and O–H groups in total. The van der Waals surface area contributed by atoms with E-state index in [4.69, 9.17) is 5.73 Å². The van der Waals surface area contributed by atoms with Crippen LogP contribution in [0.5, 0.6) is 0 Å². The monoisotopic (exact) mass is 372 g/mol. The molecule has 2 aliphatic carbocycles. The summed E-state index contributed by atoms with van der Waals surface area (Å²) in [4.78, 5) is 12.6. The maximum absolute atomic E-state index is 12.6. The molecule has 0 aliphatic heterocycles. The van der Waals surface area contributed by atoms with Gasteiger partial charge in [-0.15, -0.1) is 0 Å². The summed E-state index contributed by atoms with van der Waals surface area (Å²) in [6.07, 6.45) is 7.52. The van der Waals surface area contributed by atoms with Crippen molar-refractivity contribution < 1.29 is 9.90 Å². The Labute approximate surface area is 163 Å². The zero-order valence-electron chi connectivity index (χ0n) is 17.1. The number of hydrogen-bond donors (Lipinski definition) is 3. The molecule has 0 bridgehead atoms. The summed E-state index contributed by atoms with van der Waals surface area (Å²) in [6, 6.07) is 5.93. The van der Waals surface area contributed by atoms with Crippen molar-refractivity contribution in [1.82, 2.24) is 5.32 Å². The van der Waals surface area contributed by atoms with Crippen LogP contribution in [-0.4, -0.2) is 23.2 Å². The first-order valence-electron chi connectivity index (χ1n) is 10.7. The van der Waals surface area contributed by atoms with Gasteiger partial charge < -0.3 is 16.2 Å². The van der Waals surface area contributed by atoms with Crippen LogP contribution >= 0.6 is 0 Å². The minimum Gasteiger partial charge on any atom is -0.388 e. The second kappa shape index (κ2) is 8.32. The van der Waals surface area contributed by atoms with Crippen LogP contribution in [0, 0.1) is 17.8 Å². The number of carbonyl (C=O) groups is 1. The molecule has 1 aromatic rings. The van der Waals surface area contributed by atoms with Crippen molar-refractivity contribution in [1.29, 1.82) is 0 Å². The Bertz CT molecular complexity index is 660. The molecule has 0 spiro atoms. The highest BCUT2D eigenvalue weighted by atomic mass is 16.3. The van der Waals surface area contributed by atoms with Crippen molar-refractivity contribution in [2.45, 2.75) is 77.4 Å². The number of fused-ring (bicyclic) bond motifs is 1. The van der Waals surface area contributed by atoms with E-state index in [1.807, 2.05) is 25.1 Å². The predicted octanol–water partition coefficient (Wildman–Crippen LogP) is 3.97. The molecule has 2 unspecified atom stereocenters. The maximum Gasteiger partial charge on any atom is 0.251 e. The van der Waals surface area contributed by atoms with Crippen molar-refractivity contribution in [2.75, 3.05) is 6.54 Å². The minimum absolute atomic E-state index is 0.0903. The zero-order chi connectivity index (χ0) is 19.6. The summed E-state index contributed by atoms with van der Waals surface area (Å²) < 4.78 is 0. The number of amides is 1. The number of benzene rings is 1. The molecule has 0 radical (unpaired) electrons. The second-order valence-corrected chi connectivity index (χ2v) is 9.31. The lowest BCUT2D eigenvalue weighted by Crippen LogP contribution is -2.47. The van der Waals surface area contributed by atoms with E-state index in [-0.39, 0.29) is 17.9 Å². The van der Waals surface area contributed by atoms with E-state index < -0.39 is 5.60 Å². The number of carbonyl (C=O) groups excluding carboxylic acids is 1. The van der Waals surface area contributed by atoms with Gasteiger partial charge in [-0.3, -0.25) is 4.79 Å². The number of hydrogen-bond acceptors (Lipinski definition) is 3. The molecule has 0 saturated heterocycles. The van der Waals surface area contributed by atoms with E-state index in [1.165, 1.54) is 24.0 Å². The van der Waals surface area contributed by atoms with Gasteiger partial charge in [0, 0.05) is 18.2 Å². The fraction of sp³-hybridized carbons (Fsp3) is 0.696. The van der Waals surface area contributed by atoms with Crippen molar-refractivity contribution in [3.8, 4) is 0 Å². The van der Waals surface area contributed by atoms with Gasteiger partial charge >= 0.3 is 0 Å². The normalized spacial score (nSPS) is 27.7. The van der Waals surface area contributed by atoms with E-state index in [0.717, 1.165) is 38.0 Å². The molecule has 2 aliphatic rings. The van der Waals surface area contributed by atoms with E-state index in [1.54, 1.807) is 0 Å². The third-order valence-corrected chi connectivity index (χ3v) is 6.97. The lowest BCUT2D eigenvalue weighted by Gasteiger charge is -2.39. The highest BCUT2D eigenvalue weighted by Crippen LogP contribution is 2.38. The van der Waals surface area contributed by atoms with E-state index in [0.29, 0.717) is 18.0 Å². The summed E-state index contributed by atoms with van der Waals surface area (Å²) in [5.74, 6) is 1.64. The summed E-state index contributed by atoms with van der Waals surface area (Å²) >= 11 is 0. The van der Waals surface area contributed by atoms with Gasteiger partial charge in [0.25, 0.3) is 5.91 Å². The van der Waals surface area contributed by atoms with Gasteiger partial charge in [-0.2, -0.15) is 0 Å². The lowest BCUT2D eigenvalue weighted by atomic mass is 9.71. The molecule has 1 aromatic carbocycles. The molecule has 1 saturated carbocycles. The Kier molecular flexibility index (Phi) is 6.27. The summed E-state index contributed by atoms with van der Waals surface area (Å²) in [5.41, 5.74) is 8.35. The molecule has 4 nitrogen and oxygen atoms in total. The van der Waals surface area contributed by atoms with Gasteiger partial charge in [-0.25, -0.2) is 0 Å². The average Bonchev–Trinajstić information content (AvgIpc) is 2.66. The Morgan fingerprint density at radius 3 is 2.63 bits per heavy atom. The zero-order valence-corrected chi connectivity index (χ0v) is 17.1. The Morgan fingerprint density at radius 1 is 1.26 bits per heavy atom. The minimum atomic E-state index is -0.853. The van der Waals surface area contributed by atoms with Crippen LogP contribution < -0.4 is 11.1 Å². The van der Waals surface area contributed by atoms with Crippen molar-refractivity contribution in [3.05, 3.63) is 34.9 Å². The van der Waals surface area contributed by atoms with Crippen LogP contribution in [0.3, 0.4) is 0 Å². The summed E-state index contributed by atoms with van der Waals surface area (Å²) in [5, 5.41) is 13.9. The highest BCUT2D eigenvalue weighted by Gasteiger charge is 2.36. The number of nitrogens with two attached hydrogens (primary N) is 1. The lowest BCUT2D eigenvalue weighted by molar-refractivity contribution is -0.0228. The van der Waals surface area contributed by atoms with Gasteiger partial charge in [0.2, 0.25) is 0 Å². The van der Waals surface area contributed by atoms with E-state index >= 15 is 0 Å². The molecular weight excluding hydrogens is 336 g/mol. The number of rotatable bonds is 5. The smallest absolute Gasteiger partial charge is 0.251 e. The third-order valence-electron chi connectivity index (χ3n) is 6.97. The van der Waals surface area contributed by atoms with Crippen LogP contribution in [0.15, 0.2) is 18.2 Å². The topological polar surface area (TPSA) is 75.3 Å². The Hall–Kier alpha value is -1.39. The fourth-order valence-corrected chi connectivity index (χ4v) is 4.91. The van der Waals surface area contributed by atoms with Crippen LogP contribution in [0.4, 0.5) is 0 Å². The largest absolute Gasteiger partial charge is 0.388 e. The first kappa shape index (κ1) is 20.3. The fourth-order valence-electron chi connectivity index (χ4n) is 4.91. The molecule has 150 valence electrons. The Morgan fingerprint density at radius 2 is 1.96 bits per heavy atom. The number of aryl methyl sites for hydroxylation is 1. The van der Waals surface area contributed by atoms with E-state index in [9.17, 15) is 9.90 Å². The second-order valence-electron chi connectivity index (χ2n) is 9.31. The molecule has 1 amide bonds. The van der Waals surface area contributed by atoms with Gasteiger partial charge in [-0.05, 0) is 92.9 Å². The van der Waals surface area contributed by atoms with Crippen LogP contribution in [0.2, 0.25) is 0 Å². The predicted molar refractivity (Wildman–Crippen MR) is 110 cm³/mol. The molecule has 3 rings (SSSR count). The first-order chi connectivity index (χ1) is 12.8. The number of aliphatic hydroxyl groups is 1.